The van der Waals surface area contributed by atoms with Crippen LogP contribution in [0.5, 0.6) is 0 Å². The largest absolute Gasteiger partial charge is 0.367 e. The molecule has 72 valence electrons. The van der Waals surface area contributed by atoms with Gasteiger partial charge in [0.1, 0.15) is 0 Å². The molecule has 1 amide bonds. The number of rotatable bonds is 2. The van der Waals surface area contributed by atoms with Gasteiger partial charge in [0.25, 0.3) is 5.91 Å². The molecule has 2 heterocycles. The summed E-state index contributed by atoms with van der Waals surface area (Å²) in [5.74, 6) is -0.402. The Hall–Kier alpha value is -1.97. The third kappa shape index (κ3) is 1.31. The normalized spacial score (nSPS) is 10.4. The van der Waals surface area contributed by atoms with E-state index < -0.39 is 5.91 Å². The summed E-state index contributed by atoms with van der Waals surface area (Å²) in [7, 11) is 0. The third-order valence-electron chi connectivity index (χ3n) is 2.19. The minimum absolute atomic E-state index is 0.402. The molecule has 2 aromatic rings. The number of aromatic nitrogens is 2. The maximum absolute atomic E-state index is 11.0. The van der Waals surface area contributed by atoms with Crippen LogP contribution in [0.4, 0.5) is 0 Å². The molecule has 4 N–H and O–H groups in total. The SMILES string of the molecule is Cc1[nH]c(-c2cc[nH]c2)cc1C(N)=O. The molecule has 0 aromatic carbocycles. The second kappa shape index (κ2) is 3.06. The van der Waals surface area contributed by atoms with Crippen molar-refractivity contribution in [2.75, 3.05) is 0 Å². The topological polar surface area (TPSA) is 74.7 Å². The van der Waals surface area contributed by atoms with Gasteiger partial charge in [-0.3, -0.25) is 4.79 Å². The van der Waals surface area contributed by atoms with Crippen molar-refractivity contribution < 1.29 is 4.79 Å². The molecular formula is C10H11N3O. The predicted molar refractivity (Wildman–Crippen MR) is 53.8 cm³/mol. The molecule has 0 atom stereocenters. The number of carbonyl (C=O) groups excluding carboxylic acids is 1. The molecule has 0 fully saturated rings. The van der Waals surface area contributed by atoms with E-state index in [9.17, 15) is 4.79 Å². The fourth-order valence-electron chi connectivity index (χ4n) is 1.46. The van der Waals surface area contributed by atoms with Gasteiger partial charge in [0.2, 0.25) is 0 Å². The first-order valence-corrected chi connectivity index (χ1v) is 4.31. The first-order chi connectivity index (χ1) is 6.68. The molecule has 0 radical (unpaired) electrons. The van der Waals surface area contributed by atoms with E-state index in [0.29, 0.717) is 5.56 Å². The van der Waals surface area contributed by atoms with Crippen molar-refractivity contribution in [2.45, 2.75) is 6.92 Å². The van der Waals surface area contributed by atoms with Crippen LogP contribution >= 0.6 is 0 Å². The van der Waals surface area contributed by atoms with Crippen LogP contribution in [-0.2, 0) is 0 Å². The smallest absolute Gasteiger partial charge is 0.250 e. The van der Waals surface area contributed by atoms with Crippen molar-refractivity contribution in [3.05, 3.63) is 35.8 Å². The monoisotopic (exact) mass is 189 g/mol. The Balaban J connectivity index is 2.48. The van der Waals surface area contributed by atoms with Gasteiger partial charge >= 0.3 is 0 Å². The first-order valence-electron chi connectivity index (χ1n) is 4.31. The summed E-state index contributed by atoms with van der Waals surface area (Å²) in [5, 5.41) is 0. The predicted octanol–water partition coefficient (Wildman–Crippen LogP) is 1.42. The number of H-pyrrole nitrogens is 2. The van der Waals surface area contributed by atoms with E-state index in [1.54, 1.807) is 6.07 Å². The van der Waals surface area contributed by atoms with Crippen LogP contribution in [0.3, 0.4) is 0 Å². The van der Waals surface area contributed by atoms with Gasteiger partial charge in [-0.2, -0.15) is 0 Å². The number of amides is 1. The van der Waals surface area contributed by atoms with Crippen molar-refractivity contribution >= 4 is 5.91 Å². The highest BCUT2D eigenvalue weighted by Crippen LogP contribution is 2.20. The Morgan fingerprint density at radius 1 is 1.50 bits per heavy atom. The molecule has 0 spiro atoms. The van der Waals surface area contributed by atoms with Crippen molar-refractivity contribution in [2.24, 2.45) is 5.73 Å². The second-order valence-corrected chi connectivity index (χ2v) is 3.19. The zero-order chi connectivity index (χ0) is 10.1. The van der Waals surface area contributed by atoms with Gasteiger partial charge in [-0.25, -0.2) is 0 Å². The van der Waals surface area contributed by atoms with Crippen molar-refractivity contribution in [3.63, 3.8) is 0 Å². The van der Waals surface area contributed by atoms with Gasteiger partial charge in [0.05, 0.1) is 5.56 Å². The number of hydrogen-bond acceptors (Lipinski definition) is 1. The highest BCUT2D eigenvalue weighted by atomic mass is 16.1. The zero-order valence-corrected chi connectivity index (χ0v) is 7.79. The van der Waals surface area contributed by atoms with Crippen LogP contribution in [0, 0.1) is 6.92 Å². The number of nitrogens with two attached hydrogens (primary N) is 1. The molecule has 2 rings (SSSR count). The summed E-state index contributed by atoms with van der Waals surface area (Å²) in [6, 6.07) is 3.69. The Kier molecular flexibility index (Phi) is 1.89. The number of hydrogen-bond donors (Lipinski definition) is 3. The lowest BCUT2D eigenvalue weighted by Gasteiger charge is -1.89. The first kappa shape index (κ1) is 8.62. The Labute approximate surface area is 81.1 Å². The fraction of sp³-hybridized carbons (Fsp3) is 0.100. The van der Waals surface area contributed by atoms with Crippen LogP contribution < -0.4 is 5.73 Å². The minimum atomic E-state index is -0.402. The molecule has 0 saturated carbocycles. The molecule has 4 nitrogen and oxygen atoms in total. The lowest BCUT2D eigenvalue weighted by Crippen LogP contribution is -2.10. The molecule has 0 aliphatic heterocycles. The molecule has 2 aromatic heterocycles. The summed E-state index contributed by atoms with van der Waals surface area (Å²) in [6.07, 6.45) is 3.69. The van der Waals surface area contributed by atoms with E-state index in [-0.39, 0.29) is 0 Å². The van der Waals surface area contributed by atoms with Crippen molar-refractivity contribution in [1.82, 2.24) is 9.97 Å². The maximum Gasteiger partial charge on any atom is 0.250 e. The summed E-state index contributed by atoms with van der Waals surface area (Å²) < 4.78 is 0. The van der Waals surface area contributed by atoms with Crippen molar-refractivity contribution in [1.29, 1.82) is 0 Å². The summed E-state index contributed by atoms with van der Waals surface area (Å²) in [5.41, 5.74) is 8.47. The van der Waals surface area contributed by atoms with Gasteiger partial charge in [0, 0.05) is 29.3 Å². The van der Waals surface area contributed by atoms with Crippen LogP contribution in [0.15, 0.2) is 24.5 Å². The van der Waals surface area contributed by atoms with Gasteiger partial charge < -0.3 is 15.7 Å². The lowest BCUT2D eigenvalue weighted by atomic mass is 10.2. The quantitative estimate of drug-likeness (QED) is 0.656. The number of aromatic amines is 2. The van der Waals surface area contributed by atoms with Gasteiger partial charge in [-0.1, -0.05) is 0 Å². The highest BCUT2D eigenvalue weighted by molar-refractivity contribution is 5.95. The van der Waals surface area contributed by atoms with E-state index >= 15 is 0 Å². The average molecular weight is 189 g/mol. The molecule has 0 unspecified atom stereocenters. The summed E-state index contributed by atoms with van der Waals surface area (Å²) >= 11 is 0. The third-order valence-corrected chi connectivity index (χ3v) is 2.19. The van der Waals surface area contributed by atoms with Gasteiger partial charge in [-0.05, 0) is 19.1 Å². The van der Waals surface area contributed by atoms with Crippen LogP contribution in [0.1, 0.15) is 16.1 Å². The minimum Gasteiger partial charge on any atom is -0.367 e. The van der Waals surface area contributed by atoms with E-state index in [2.05, 4.69) is 9.97 Å². The molecule has 0 aliphatic carbocycles. The van der Waals surface area contributed by atoms with Crippen LogP contribution in [0.25, 0.3) is 11.3 Å². The van der Waals surface area contributed by atoms with Gasteiger partial charge in [-0.15, -0.1) is 0 Å². The molecule has 4 heteroatoms. The molecule has 0 saturated heterocycles. The molecule has 0 bridgehead atoms. The van der Waals surface area contributed by atoms with Crippen LogP contribution in [0.2, 0.25) is 0 Å². The number of carbonyl (C=O) groups is 1. The Bertz CT molecular complexity index is 454. The average Bonchev–Trinajstić information content (AvgIpc) is 2.70. The number of nitrogens with one attached hydrogen (secondary N) is 2. The van der Waals surface area contributed by atoms with E-state index in [1.807, 2.05) is 25.4 Å². The number of aryl methyl sites for hydroxylation is 1. The molecular weight excluding hydrogens is 178 g/mol. The highest BCUT2D eigenvalue weighted by Gasteiger charge is 2.10. The zero-order valence-electron chi connectivity index (χ0n) is 7.79. The number of primary amides is 1. The Morgan fingerprint density at radius 2 is 2.29 bits per heavy atom. The standard InChI is InChI=1S/C10H11N3O/c1-6-8(10(11)14)4-9(13-6)7-2-3-12-5-7/h2-5,12-13H,1H3,(H2,11,14). The van der Waals surface area contributed by atoms with Crippen molar-refractivity contribution in [3.8, 4) is 11.3 Å². The summed E-state index contributed by atoms with van der Waals surface area (Å²) in [6.45, 7) is 1.83. The molecule has 0 aliphatic rings. The lowest BCUT2D eigenvalue weighted by molar-refractivity contribution is 0.1000. The van der Waals surface area contributed by atoms with Crippen LogP contribution in [-0.4, -0.2) is 15.9 Å². The van der Waals surface area contributed by atoms with E-state index in [1.165, 1.54) is 0 Å². The second-order valence-electron chi connectivity index (χ2n) is 3.19. The maximum atomic E-state index is 11.0. The Morgan fingerprint density at radius 3 is 2.79 bits per heavy atom. The summed E-state index contributed by atoms with van der Waals surface area (Å²) in [4.78, 5) is 17.1. The van der Waals surface area contributed by atoms with E-state index in [0.717, 1.165) is 17.0 Å². The molecule has 14 heavy (non-hydrogen) atoms. The fourth-order valence-corrected chi connectivity index (χ4v) is 1.46. The van der Waals surface area contributed by atoms with E-state index in [4.69, 9.17) is 5.73 Å². The van der Waals surface area contributed by atoms with Gasteiger partial charge in [0.15, 0.2) is 0 Å².